The third-order valence-corrected chi connectivity index (χ3v) is 2.94. The largest absolute Gasteiger partial charge is 0.446 e. The summed E-state index contributed by atoms with van der Waals surface area (Å²) in [5.74, 6) is -0.200. The van der Waals surface area contributed by atoms with Crippen LogP contribution in [0, 0.1) is 0 Å². The van der Waals surface area contributed by atoms with Crippen LogP contribution in [0.2, 0.25) is 0 Å². The van der Waals surface area contributed by atoms with Gasteiger partial charge in [0.2, 0.25) is 5.91 Å². The first-order chi connectivity index (χ1) is 8.76. The fourth-order valence-electron chi connectivity index (χ4n) is 1.32. The van der Waals surface area contributed by atoms with Crippen LogP contribution in [0.25, 0.3) is 0 Å². The second kappa shape index (κ2) is 6.81. The number of hydrogen-bond donors (Lipinski definition) is 2. The molecule has 0 bridgehead atoms. The van der Waals surface area contributed by atoms with Gasteiger partial charge in [-0.15, -0.1) is 0 Å². The smallest absolute Gasteiger partial charge is 0.328 e. The first-order valence-electron chi connectivity index (χ1n) is 5.67. The molecule has 0 heterocycles. The summed E-state index contributed by atoms with van der Waals surface area (Å²) in [4.78, 5) is 11.6. The SMILES string of the molecule is CC(N)CCC(=O)Nc1ccc(SC(F)(F)F)cc1. The average molecular weight is 292 g/mol. The van der Waals surface area contributed by atoms with Gasteiger partial charge in [-0.1, -0.05) is 0 Å². The number of nitrogens with two attached hydrogens (primary N) is 1. The van der Waals surface area contributed by atoms with E-state index in [2.05, 4.69) is 5.32 Å². The quantitative estimate of drug-likeness (QED) is 0.818. The van der Waals surface area contributed by atoms with E-state index in [0.717, 1.165) is 0 Å². The number of amides is 1. The van der Waals surface area contributed by atoms with Gasteiger partial charge in [0.05, 0.1) is 0 Å². The van der Waals surface area contributed by atoms with Crippen molar-refractivity contribution in [3.63, 3.8) is 0 Å². The number of anilines is 1. The number of nitrogens with one attached hydrogen (secondary N) is 1. The highest BCUT2D eigenvalue weighted by molar-refractivity contribution is 8.00. The van der Waals surface area contributed by atoms with Crippen molar-refractivity contribution in [3.8, 4) is 0 Å². The Morgan fingerprint density at radius 1 is 1.37 bits per heavy atom. The molecule has 1 aromatic rings. The summed E-state index contributed by atoms with van der Waals surface area (Å²) in [6.07, 6.45) is 0.852. The zero-order valence-corrected chi connectivity index (χ0v) is 11.1. The van der Waals surface area contributed by atoms with Gasteiger partial charge in [-0.2, -0.15) is 13.2 Å². The first-order valence-corrected chi connectivity index (χ1v) is 6.49. The Morgan fingerprint density at radius 2 is 1.95 bits per heavy atom. The van der Waals surface area contributed by atoms with Crippen LogP contribution in [-0.4, -0.2) is 17.5 Å². The molecule has 0 aliphatic rings. The number of hydrogen-bond acceptors (Lipinski definition) is 3. The van der Waals surface area contributed by atoms with Gasteiger partial charge in [-0.3, -0.25) is 4.79 Å². The summed E-state index contributed by atoms with van der Waals surface area (Å²) in [6.45, 7) is 1.80. The molecule has 0 aliphatic heterocycles. The zero-order chi connectivity index (χ0) is 14.5. The van der Waals surface area contributed by atoms with Gasteiger partial charge >= 0.3 is 5.51 Å². The van der Waals surface area contributed by atoms with Crippen molar-refractivity contribution in [2.45, 2.75) is 36.2 Å². The predicted octanol–water partition coefficient (Wildman–Crippen LogP) is 3.36. The fraction of sp³-hybridized carbons (Fsp3) is 0.417. The van der Waals surface area contributed by atoms with Gasteiger partial charge in [0.15, 0.2) is 0 Å². The van der Waals surface area contributed by atoms with Gasteiger partial charge in [0.25, 0.3) is 0 Å². The molecule has 0 saturated heterocycles. The molecule has 0 saturated carbocycles. The van der Waals surface area contributed by atoms with Gasteiger partial charge in [-0.25, -0.2) is 0 Å². The van der Waals surface area contributed by atoms with Crippen molar-refractivity contribution >= 4 is 23.4 Å². The van der Waals surface area contributed by atoms with Gasteiger partial charge in [0.1, 0.15) is 0 Å². The predicted molar refractivity (Wildman–Crippen MR) is 69.9 cm³/mol. The molecule has 106 valence electrons. The van der Waals surface area contributed by atoms with E-state index in [1.807, 2.05) is 0 Å². The van der Waals surface area contributed by atoms with Crippen molar-refractivity contribution in [3.05, 3.63) is 24.3 Å². The minimum absolute atomic E-state index is 0.0590. The lowest BCUT2D eigenvalue weighted by Crippen LogP contribution is -2.19. The lowest BCUT2D eigenvalue weighted by atomic mass is 10.2. The topological polar surface area (TPSA) is 55.1 Å². The Bertz CT molecular complexity index is 418. The first kappa shape index (κ1) is 15.8. The fourth-order valence-corrected chi connectivity index (χ4v) is 1.86. The molecule has 0 aromatic heterocycles. The summed E-state index contributed by atoms with van der Waals surface area (Å²) in [5, 5.41) is 2.60. The number of benzene rings is 1. The second-order valence-electron chi connectivity index (χ2n) is 4.14. The summed E-state index contributed by atoms with van der Waals surface area (Å²) >= 11 is -0.187. The highest BCUT2D eigenvalue weighted by Gasteiger charge is 2.28. The molecule has 1 unspecified atom stereocenters. The van der Waals surface area contributed by atoms with Crippen LogP contribution in [-0.2, 0) is 4.79 Å². The lowest BCUT2D eigenvalue weighted by Gasteiger charge is -2.08. The highest BCUT2D eigenvalue weighted by Crippen LogP contribution is 2.36. The minimum atomic E-state index is -4.30. The molecule has 19 heavy (non-hydrogen) atoms. The van der Waals surface area contributed by atoms with Crippen molar-refractivity contribution in [1.82, 2.24) is 0 Å². The molecule has 1 atom stereocenters. The number of thioether (sulfide) groups is 1. The third kappa shape index (κ3) is 7.07. The van der Waals surface area contributed by atoms with Crippen molar-refractivity contribution < 1.29 is 18.0 Å². The van der Waals surface area contributed by atoms with Crippen LogP contribution in [0.4, 0.5) is 18.9 Å². The lowest BCUT2D eigenvalue weighted by molar-refractivity contribution is -0.116. The van der Waals surface area contributed by atoms with Crippen LogP contribution in [0.5, 0.6) is 0 Å². The van der Waals surface area contributed by atoms with Crippen molar-refractivity contribution in [2.24, 2.45) is 5.73 Å². The molecule has 7 heteroatoms. The highest BCUT2D eigenvalue weighted by atomic mass is 32.2. The molecule has 1 amide bonds. The molecule has 1 aromatic carbocycles. The third-order valence-electron chi connectivity index (χ3n) is 2.20. The standard InChI is InChI=1S/C12H15F3N2OS/c1-8(16)2-7-11(18)17-9-3-5-10(6-4-9)19-12(13,14)15/h3-6,8H,2,7,16H2,1H3,(H,17,18). The Balaban J connectivity index is 2.50. The van der Waals surface area contributed by atoms with Crippen LogP contribution in [0.1, 0.15) is 19.8 Å². The molecule has 3 nitrogen and oxygen atoms in total. The summed E-state index contributed by atoms with van der Waals surface area (Å²) in [7, 11) is 0. The number of carbonyl (C=O) groups is 1. The Hall–Kier alpha value is -1.21. The second-order valence-corrected chi connectivity index (χ2v) is 5.27. The normalized spacial score (nSPS) is 13.1. The number of rotatable bonds is 5. The van der Waals surface area contributed by atoms with E-state index < -0.39 is 5.51 Å². The van der Waals surface area contributed by atoms with Gasteiger partial charge in [-0.05, 0) is 49.4 Å². The summed E-state index contributed by atoms with van der Waals surface area (Å²) in [6, 6.07) is 5.46. The molecular formula is C12H15F3N2OS. The molecule has 1 rings (SSSR count). The molecule has 0 spiro atoms. The van der Waals surface area contributed by atoms with Crippen LogP contribution in [0.15, 0.2) is 29.2 Å². The number of halogens is 3. The monoisotopic (exact) mass is 292 g/mol. The maximum atomic E-state index is 12.1. The maximum Gasteiger partial charge on any atom is 0.446 e. The van der Waals surface area contributed by atoms with Gasteiger partial charge < -0.3 is 11.1 Å². The van der Waals surface area contributed by atoms with E-state index in [1.165, 1.54) is 24.3 Å². The number of carbonyl (C=O) groups excluding carboxylic acids is 1. The summed E-state index contributed by atoms with van der Waals surface area (Å²) < 4.78 is 36.3. The van der Waals surface area contributed by atoms with E-state index in [4.69, 9.17) is 5.73 Å². The van der Waals surface area contributed by atoms with E-state index in [-0.39, 0.29) is 35.0 Å². The molecular weight excluding hydrogens is 277 g/mol. The molecule has 0 fully saturated rings. The molecule has 0 aliphatic carbocycles. The average Bonchev–Trinajstić information content (AvgIpc) is 2.27. The Kier molecular flexibility index (Phi) is 5.68. The Morgan fingerprint density at radius 3 is 2.42 bits per heavy atom. The zero-order valence-electron chi connectivity index (χ0n) is 10.3. The van der Waals surface area contributed by atoms with E-state index in [0.29, 0.717) is 12.1 Å². The van der Waals surface area contributed by atoms with E-state index >= 15 is 0 Å². The van der Waals surface area contributed by atoms with Crippen LogP contribution in [0.3, 0.4) is 0 Å². The number of alkyl halides is 3. The van der Waals surface area contributed by atoms with Gasteiger partial charge in [0, 0.05) is 23.0 Å². The molecule has 0 radical (unpaired) electrons. The maximum absolute atomic E-state index is 12.1. The van der Waals surface area contributed by atoms with Crippen molar-refractivity contribution in [1.29, 1.82) is 0 Å². The molecule has 3 N–H and O–H groups in total. The van der Waals surface area contributed by atoms with Crippen molar-refractivity contribution in [2.75, 3.05) is 5.32 Å². The summed E-state index contributed by atoms with van der Waals surface area (Å²) in [5.41, 5.74) is 1.69. The minimum Gasteiger partial charge on any atom is -0.328 e. The van der Waals surface area contributed by atoms with E-state index in [1.54, 1.807) is 6.92 Å². The Labute approximate surface area is 113 Å². The van der Waals surface area contributed by atoms with Crippen LogP contribution < -0.4 is 11.1 Å². The van der Waals surface area contributed by atoms with Crippen LogP contribution >= 0.6 is 11.8 Å². The van der Waals surface area contributed by atoms with E-state index in [9.17, 15) is 18.0 Å².